The second-order valence-electron chi connectivity index (χ2n) is 4.92. The molecule has 0 saturated carbocycles. The van der Waals surface area contributed by atoms with Crippen molar-refractivity contribution in [3.8, 4) is 0 Å². The van der Waals surface area contributed by atoms with Gasteiger partial charge in [-0.25, -0.2) is 4.39 Å². The molecule has 1 fully saturated rings. The summed E-state index contributed by atoms with van der Waals surface area (Å²) in [5.41, 5.74) is 0.741. The average molecular weight is 321 g/mol. The SMILES string of the molecule is CC(NC(=O)C1CCNCC1)c1ccc(F)cc1Cl.Cl. The molecule has 1 unspecified atom stereocenters. The smallest absolute Gasteiger partial charge is 0.223 e. The van der Waals surface area contributed by atoms with E-state index in [1.54, 1.807) is 6.07 Å². The highest BCUT2D eigenvalue weighted by atomic mass is 35.5. The molecule has 112 valence electrons. The molecule has 20 heavy (non-hydrogen) atoms. The molecule has 2 rings (SSSR count). The third-order valence-corrected chi connectivity index (χ3v) is 3.83. The van der Waals surface area contributed by atoms with Crippen molar-refractivity contribution < 1.29 is 9.18 Å². The first-order valence-corrected chi connectivity index (χ1v) is 6.92. The minimum atomic E-state index is -0.370. The summed E-state index contributed by atoms with van der Waals surface area (Å²) < 4.78 is 13.0. The Bertz CT molecular complexity index is 464. The lowest BCUT2D eigenvalue weighted by Crippen LogP contribution is -2.39. The van der Waals surface area contributed by atoms with Crippen molar-refractivity contribution in [1.82, 2.24) is 10.6 Å². The largest absolute Gasteiger partial charge is 0.349 e. The summed E-state index contributed by atoms with van der Waals surface area (Å²) in [6, 6.07) is 4.03. The number of rotatable bonds is 3. The highest BCUT2D eigenvalue weighted by Gasteiger charge is 2.23. The van der Waals surface area contributed by atoms with Crippen molar-refractivity contribution in [2.24, 2.45) is 5.92 Å². The van der Waals surface area contributed by atoms with Crippen molar-refractivity contribution in [2.75, 3.05) is 13.1 Å². The van der Waals surface area contributed by atoms with Crippen molar-refractivity contribution in [3.63, 3.8) is 0 Å². The molecule has 1 atom stereocenters. The first-order chi connectivity index (χ1) is 9.08. The van der Waals surface area contributed by atoms with Crippen LogP contribution in [0.15, 0.2) is 18.2 Å². The number of hydrogen-bond acceptors (Lipinski definition) is 2. The Morgan fingerprint density at radius 2 is 2.10 bits per heavy atom. The van der Waals surface area contributed by atoms with Crippen LogP contribution < -0.4 is 10.6 Å². The Balaban J connectivity index is 0.00000200. The van der Waals surface area contributed by atoms with Gasteiger partial charge in [-0.15, -0.1) is 12.4 Å². The van der Waals surface area contributed by atoms with E-state index in [0.717, 1.165) is 31.5 Å². The topological polar surface area (TPSA) is 41.1 Å². The van der Waals surface area contributed by atoms with Gasteiger partial charge in [0.05, 0.1) is 6.04 Å². The van der Waals surface area contributed by atoms with Crippen molar-refractivity contribution in [1.29, 1.82) is 0 Å². The van der Waals surface area contributed by atoms with Gasteiger partial charge in [0.2, 0.25) is 5.91 Å². The maximum absolute atomic E-state index is 13.0. The van der Waals surface area contributed by atoms with E-state index in [9.17, 15) is 9.18 Å². The van der Waals surface area contributed by atoms with Crippen LogP contribution in [0.4, 0.5) is 4.39 Å². The van der Waals surface area contributed by atoms with E-state index >= 15 is 0 Å². The summed E-state index contributed by atoms with van der Waals surface area (Å²) in [5.74, 6) is -0.261. The van der Waals surface area contributed by atoms with Crippen LogP contribution in [0, 0.1) is 11.7 Å². The zero-order valence-corrected chi connectivity index (χ0v) is 12.9. The number of hydrogen-bond donors (Lipinski definition) is 2. The molecule has 0 radical (unpaired) electrons. The van der Waals surface area contributed by atoms with Crippen LogP contribution in [0.5, 0.6) is 0 Å². The molecule has 1 aromatic carbocycles. The van der Waals surface area contributed by atoms with Crippen LogP contribution in [-0.2, 0) is 4.79 Å². The van der Waals surface area contributed by atoms with Crippen LogP contribution in [0.25, 0.3) is 0 Å². The number of halogens is 3. The van der Waals surface area contributed by atoms with E-state index in [1.165, 1.54) is 12.1 Å². The summed E-state index contributed by atoms with van der Waals surface area (Å²) in [6.07, 6.45) is 1.71. The average Bonchev–Trinajstić information content (AvgIpc) is 2.39. The summed E-state index contributed by atoms with van der Waals surface area (Å²) in [4.78, 5) is 12.1. The molecule has 1 aliphatic rings. The number of carbonyl (C=O) groups is 1. The highest BCUT2D eigenvalue weighted by molar-refractivity contribution is 6.31. The molecule has 3 nitrogen and oxygen atoms in total. The quantitative estimate of drug-likeness (QED) is 0.898. The minimum absolute atomic E-state index is 0. The van der Waals surface area contributed by atoms with Crippen LogP contribution in [-0.4, -0.2) is 19.0 Å². The molecule has 1 saturated heterocycles. The maximum Gasteiger partial charge on any atom is 0.223 e. The first-order valence-electron chi connectivity index (χ1n) is 6.54. The standard InChI is InChI=1S/C14H18ClFN2O.ClH/c1-9(12-3-2-11(16)8-13(12)15)18-14(19)10-4-6-17-7-5-10;/h2-3,8-10,17H,4-7H2,1H3,(H,18,19);1H. The lowest BCUT2D eigenvalue weighted by atomic mass is 9.96. The first kappa shape index (κ1) is 17.2. The molecule has 6 heteroatoms. The predicted molar refractivity (Wildman–Crippen MR) is 80.8 cm³/mol. The second kappa shape index (κ2) is 7.81. The fraction of sp³-hybridized carbons (Fsp3) is 0.500. The number of amides is 1. The van der Waals surface area contributed by atoms with Crippen molar-refractivity contribution in [3.05, 3.63) is 34.6 Å². The predicted octanol–water partition coefficient (Wildman–Crippen LogP) is 3.08. The molecule has 2 N–H and O–H groups in total. The molecule has 1 heterocycles. The third kappa shape index (κ3) is 4.33. The van der Waals surface area contributed by atoms with Gasteiger partial charge in [-0.2, -0.15) is 0 Å². The number of benzene rings is 1. The Morgan fingerprint density at radius 1 is 1.45 bits per heavy atom. The van der Waals surface area contributed by atoms with Gasteiger partial charge >= 0.3 is 0 Å². The van der Waals surface area contributed by atoms with E-state index in [0.29, 0.717) is 5.02 Å². The molecule has 1 aromatic rings. The number of carbonyl (C=O) groups excluding carboxylic acids is 1. The van der Waals surface area contributed by atoms with Crippen LogP contribution in [0.1, 0.15) is 31.4 Å². The molecule has 1 aliphatic heterocycles. The van der Waals surface area contributed by atoms with Crippen molar-refractivity contribution >= 4 is 29.9 Å². The lowest BCUT2D eigenvalue weighted by molar-refractivity contribution is -0.126. The van der Waals surface area contributed by atoms with E-state index in [-0.39, 0.29) is 36.1 Å². The van der Waals surface area contributed by atoms with E-state index in [4.69, 9.17) is 11.6 Å². The summed E-state index contributed by atoms with van der Waals surface area (Å²) in [7, 11) is 0. The second-order valence-corrected chi connectivity index (χ2v) is 5.33. The summed E-state index contributed by atoms with van der Waals surface area (Å²) in [6.45, 7) is 3.62. The van der Waals surface area contributed by atoms with Gasteiger partial charge in [-0.05, 0) is 50.6 Å². The van der Waals surface area contributed by atoms with Gasteiger partial charge in [0.25, 0.3) is 0 Å². The van der Waals surface area contributed by atoms with E-state index in [1.807, 2.05) is 6.92 Å². The Morgan fingerprint density at radius 3 is 2.70 bits per heavy atom. The maximum atomic E-state index is 13.0. The van der Waals surface area contributed by atoms with Crippen LogP contribution >= 0.6 is 24.0 Å². The fourth-order valence-corrected chi connectivity index (χ4v) is 2.68. The van der Waals surface area contributed by atoms with Gasteiger partial charge in [0, 0.05) is 10.9 Å². The molecule has 0 aromatic heterocycles. The van der Waals surface area contributed by atoms with Crippen LogP contribution in [0.2, 0.25) is 5.02 Å². The molecule has 0 aliphatic carbocycles. The highest BCUT2D eigenvalue weighted by Crippen LogP contribution is 2.24. The van der Waals surface area contributed by atoms with E-state index < -0.39 is 0 Å². The van der Waals surface area contributed by atoms with Gasteiger partial charge in [0.15, 0.2) is 0 Å². The monoisotopic (exact) mass is 320 g/mol. The summed E-state index contributed by atoms with van der Waals surface area (Å²) >= 11 is 5.99. The Labute approximate surface area is 129 Å². The zero-order valence-electron chi connectivity index (χ0n) is 11.3. The zero-order chi connectivity index (χ0) is 13.8. The van der Waals surface area contributed by atoms with Gasteiger partial charge in [0.1, 0.15) is 5.82 Å². The molecular weight excluding hydrogens is 302 g/mol. The molecule has 0 bridgehead atoms. The van der Waals surface area contributed by atoms with Gasteiger partial charge in [-0.3, -0.25) is 4.79 Å². The third-order valence-electron chi connectivity index (χ3n) is 3.50. The molecular formula is C14H19Cl2FN2O. The normalized spacial score (nSPS) is 17.1. The Kier molecular flexibility index (Phi) is 6.72. The van der Waals surface area contributed by atoms with Gasteiger partial charge in [-0.1, -0.05) is 17.7 Å². The van der Waals surface area contributed by atoms with Crippen LogP contribution in [0.3, 0.4) is 0 Å². The number of piperidine rings is 1. The Hall–Kier alpha value is -0.840. The summed E-state index contributed by atoms with van der Waals surface area (Å²) in [5, 5.41) is 6.53. The fourth-order valence-electron chi connectivity index (χ4n) is 2.35. The minimum Gasteiger partial charge on any atom is -0.349 e. The van der Waals surface area contributed by atoms with Gasteiger partial charge < -0.3 is 10.6 Å². The lowest BCUT2D eigenvalue weighted by Gasteiger charge is -2.24. The number of nitrogens with one attached hydrogen (secondary N) is 2. The van der Waals surface area contributed by atoms with E-state index in [2.05, 4.69) is 10.6 Å². The molecule has 1 amide bonds. The van der Waals surface area contributed by atoms with Crippen molar-refractivity contribution in [2.45, 2.75) is 25.8 Å². The molecule has 0 spiro atoms.